The minimum atomic E-state index is -1.14. The predicted octanol–water partition coefficient (Wildman–Crippen LogP) is 2.12. The summed E-state index contributed by atoms with van der Waals surface area (Å²) in [6, 6.07) is 0. The number of hydrogen-bond acceptors (Lipinski definition) is 4. The van der Waals surface area contributed by atoms with Gasteiger partial charge in [-0.2, -0.15) is 0 Å². The van der Waals surface area contributed by atoms with Crippen molar-refractivity contribution in [2.24, 2.45) is 0 Å². The molecule has 7 heteroatoms. The van der Waals surface area contributed by atoms with Crippen LogP contribution in [0.15, 0.2) is 6.33 Å². The minimum absolute atomic E-state index is 0.0558. The Morgan fingerprint density at radius 1 is 1.44 bits per heavy atom. The first-order chi connectivity index (χ1) is 8.25. The van der Waals surface area contributed by atoms with E-state index < -0.39 is 11.5 Å². The lowest BCUT2D eigenvalue weighted by Crippen LogP contribution is -2.22. The number of carboxylic acids is 1. The number of aromatic carboxylic acids is 1. The van der Waals surface area contributed by atoms with Gasteiger partial charge in [0.25, 0.3) is 0 Å². The number of aromatic nitrogens is 3. The number of carbonyl (C=O) groups is 1. The van der Waals surface area contributed by atoms with E-state index in [-0.39, 0.29) is 21.9 Å². The maximum Gasteiger partial charge on any atom is 0.339 e. The van der Waals surface area contributed by atoms with Gasteiger partial charge in [-0.15, -0.1) is 0 Å². The molecule has 2 rings (SSSR count). The minimum Gasteiger partial charge on any atom is -0.478 e. The van der Waals surface area contributed by atoms with Crippen LogP contribution in [-0.2, 0) is 5.54 Å². The third-order valence-corrected chi connectivity index (χ3v) is 2.96. The van der Waals surface area contributed by atoms with Crippen molar-refractivity contribution >= 4 is 34.4 Å². The van der Waals surface area contributed by atoms with E-state index in [1.54, 1.807) is 4.57 Å². The molecule has 0 atom stereocenters. The zero-order valence-corrected chi connectivity index (χ0v) is 11.0. The van der Waals surface area contributed by atoms with Crippen molar-refractivity contribution < 1.29 is 9.90 Å². The third-order valence-electron chi connectivity index (χ3n) is 2.61. The van der Waals surface area contributed by atoms with Crippen LogP contribution in [-0.4, -0.2) is 25.6 Å². The Balaban J connectivity index is 3.02. The van der Waals surface area contributed by atoms with Gasteiger partial charge in [0.05, 0.1) is 5.39 Å². The number of nitrogen functional groups attached to an aromatic ring is 1. The van der Waals surface area contributed by atoms with Gasteiger partial charge in [-0.25, -0.2) is 14.8 Å². The second kappa shape index (κ2) is 3.84. The first-order valence-electron chi connectivity index (χ1n) is 5.29. The molecule has 0 bridgehead atoms. The molecule has 3 N–H and O–H groups in total. The Labute approximate surface area is 108 Å². The summed E-state index contributed by atoms with van der Waals surface area (Å²) in [5.74, 6) is -1.03. The van der Waals surface area contributed by atoms with E-state index in [0.29, 0.717) is 5.65 Å². The summed E-state index contributed by atoms with van der Waals surface area (Å²) in [6.45, 7) is 5.72. The Bertz CT molecular complexity index is 643. The van der Waals surface area contributed by atoms with Gasteiger partial charge in [-0.1, -0.05) is 11.6 Å². The van der Waals surface area contributed by atoms with Gasteiger partial charge in [-0.3, -0.25) is 0 Å². The lowest BCUT2D eigenvalue weighted by atomic mass is 10.1. The maximum absolute atomic E-state index is 11.3. The molecule has 0 saturated heterocycles. The molecular formula is C11H13ClN4O2. The molecule has 18 heavy (non-hydrogen) atoms. The van der Waals surface area contributed by atoms with Crippen molar-refractivity contribution in [3.05, 3.63) is 17.0 Å². The van der Waals surface area contributed by atoms with Crippen LogP contribution in [0.1, 0.15) is 31.1 Å². The van der Waals surface area contributed by atoms with E-state index in [2.05, 4.69) is 9.97 Å². The van der Waals surface area contributed by atoms with Crippen LogP contribution in [0.2, 0.25) is 5.15 Å². The van der Waals surface area contributed by atoms with Crippen LogP contribution in [0.25, 0.3) is 11.0 Å². The van der Waals surface area contributed by atoms with E-state index in [1.165, 1.54) is 6.33 Å². The summed E-state index contributed by atoms with van der Waals surface area (Å²) in [6.07, 6.45) is 1.29. The Hall–Kier alpha value is -1.82. The first-order valence-corrected chi connectivity index (χ1v) is 5.67. The molecule has 0 aliphatic rings. The normalized spacial score (nSPS) is 12.0. The van der Waals surface area contributed by atoms with Crippen molar-refractivity contribution in [3.63, 3.8) is 0 Å². The number of fused-ring (bicyclic) bond motifs is 1. The molecule has 2 aromatic heterocycles. The molecule has 0 spiro atoms. The van der Waals surface area contributed by atoms with Gasteiger partial charge in [0.15, 0.2) is 0 Å². The predicted molar refractivity (Wildman–Crippen MR) is 68.9 cm³/mol. The number of halogens is 1. The number of nitrogens with two attached hydrogens (primary N) is 1. The van der Waals surface area contributed by atoms with E-state index in [4.69, 9.17) is 17.3 Å². The van der Waals surface area contributed by atoms with Crippen LogP contribution in [0.4, 0.5) is 5.82 Å². The molecule has 0 aromatic carbocycles. The quantitative estimate of drug-likeness (QED) is 0.826. The van der Waals surface area contributed by atoms with E-state index in [9.17, 15) is 9.90 Å². The van der Waals surface area contributed by atoms with Crippen molar-refractivity contribution in [1.29, 1.82) is 0 Å². The average molecular weight is 269 g/mol. The average Bonchev–Trinajstić information content (AvgIpc) is 2.50. The van der Waals surface area contributed by atoms with E-state index >= 15 is 0 Å². The Morgan fingerprint density at radius 2 is 2.06 bits per heavy atom. The summed E-state index contributed by atoms with van der Waals surface area (Å²) >= 11 is 6.16. The molecule has 6 nitrogen and oxygen atoms in total. The number of nitrogens with zero attached hydrogens (tertiary/aromatic N) is 3. The monoisotopic (exact) mass is 268 g/mol. The SMILES string of the molecule is CC(C)(C)n1c(Cl)c(C(=O)O)c2c(N)ncnc21. The molecule has 0 amide bonds. The van der Waals surface area contributed by atoms with Crippen LogP contribution in [0.3, 0.4) is 0 Å². The fourth-order valence-corrected chi connectivity index (χ4v) is 2.42. The highest BCUT2D eigenvalue weighted by atomic mass is 35.5. The summed E-state index contributed by atoms with van der Waals surface area (Å²) in [7, 11) is 0. The van der Waals surface area contributed by atoms with Crippen LogP contribution < -0.4 is 5.73 Å². The molecule has 0 aliphatic heterocycles. The molecule has 0 unspecified atom stereocenters. The highest BCUT2D eigenvalue weighted by Crippen LogP contribution is 2.35. The molecule has 0 aliphatic carbocycles. The first kappa shape index (κ1) is 12.6. The second-order valence-corrected chi connectivity index (χ2v) is 5.29. The summed E-state index contributed by atoms with van der Waals surface area (Å²) in [5, 5.41) is 9.65. The standard InChI is InChI=1S/C11H13ClN4O2/c1-11(2,3)16-7(12)5(10(17)18)6-8(13)14-4-15-9(6)16/h4H,1-3H3,(H,17,18)(H2,13,14,15). The van der Waals surface area contributed by atoms with Crippen molar-refractivity contribution in [3.8, 4) is 0 Å². The van der Waals surface area contributed by atoms with Crippen LogP contribution in [0, 0.1) is 0 Å². The smallest absolute Gasteiger partial charge is 0.339 e. The molecule has 96 valence electrons. The maximum atomic E-state index is 11.3. The van der Waals surface area contributed by atoms with Crippen LogP contribution >= 0.6 is 11.6 Å². The fraction of sp³-hybridized carbons (Fsp3) is 0.364. The number of carboxylic acid groups (broad SMARTS) is 1. The van der Waals surface area contributed by atoms with Gasteiger partial charge >= 0.3 is 5.97 Å². The largest absolute Gasteiger partial charge is 0.478 e. The summed E-state index contributed by atoms with van der Waals surface area (Å²) in [5.41, 5.74) is 5.69. The molecule has 0 radical (unpaired) electrons. The number of rotatable bonds is 1. The summed E-state index contributed by atoms with van der Waals surface area (Å²) < 4.78 is 1.64. The molecular weight excluding hydrogens is 256 g/mol. The lowest BCUT2D eigenvalue weighted by Gasteiger charge is -2.23. The topological polar surface area (TPSA) is 94.0 Å². The van der Waals surface area contributed by atoms with Gasteiger partial charge in [0.1, 0.15) is 28.5 Å². The lowest BCUT2D eigenvalue weighted by molar-refractivity contribution is 0.0699. The summed E-state index contributed by atoms with van der Waals surface area (Å²) in [4.78, 5) is 19.2. The van der Waals surface area contributed by atoms with Gasteiger partial charge < -0.3 is 15.4 Å². The van der Waals surface area contributed by atoms with E-state index in [0.717, 1.165) is 0 Å². The third kappa shape index (κ3) is 1.69. The van der Waals surface area contributed by atoms with Gasteiger partial charge in [0, 0.05) is 5.54 Å². The van der Waals surface area contributed by atoms with Crippen molar-refractivity contribution in [1.82, 2.24) is 14.5 Å². The molecule has 0 saturated carbocycles. The molecule has 0 fully saturated rings. The van der Waals surface area contributed by atoms with Crippen LogP contribution in [0.5, 0.6) is 0 Å². The van der Waals surface area contributed by atoms with Crippen molar-refractivity contribution in [2.45, 2.75) is 26.3 Å². The highest BCUT2D eigenvalue weighted by Gasteiger charge is 2.29. The molecule has 2 heterocycles. The zero-order chi connectivity index (χ0) is 13.7. The Kier molecular flexibility index (Phi) is 2.70. The van der Waals surface area contributed by atoms with E-state index in [1.807, 2.05) is 20.8 Å². The van der Waals surface area contributed by atoms with Gasteiger partial charge in [0.2, 0.25) is 0 Å². The number of hydrogen-bond donors (Lipinski definition) is 2. The number of anilines is 1. The van der Waals surface area contributed by atoms with Gasteiger partial charge in [-0.05, 0) is 20.8 Å². The highest BCUT2D eigenvalue weighted by molar-refractivity contribution is 6.35. The molecule has 2 aromatic rings. The second-order valence-electron chi connectivity index (χ2n) is 4.93. The Morgan fingerprint density at radius 3 is 2.56 bits per heavy atom. The zero-order valence-electron chi connectivity index (χ0n) is 10.2. The van der Waals surface area contributed by atoms with Crippen molar-refractivity contribution in [2.75, 3.05) is 5.73 Å². The fourth-order valence-electron chi connectivity index (χ4n) is 1.91.